The lowest BCUT2D eigenvalue weighted by Crippen LogP contribution is -1.97. The third kappa shape index (κ3) is 4.57. The lowest BCUT2D eigenvalue weighted by atomic mass is 10.1. The Balaban J connectivity index is 1.49. The van der Waals surface area contributed by atoms with Crippen LogP contribution in [-0.2, 0) is 6.61 Å². The molecule has 0 aliphatic rings. The summed E-state index contributed by atoms with van der Waals surface area (Å²) in [5.74, 6) is 0.821. The van der Waals surface area contributed by atoms with Gasteiger partial charge < -0.3 is 4.74 Å². The van der Waals surface area contributed by atoms with Gasteiger partial charge in [0.2, 0.25) is 0 Å². The number of hydrogen-bond acceptors (Lipinski definition) is 2. The Labute approximate surface area is 180 Å². The van der Waals surface area contributed by atoms with Gasteiger partial charge in [0, 0.05) is 6.21 Å². The molecule has 0 aromatic heterocycles. The number of hydrogen-bond donors (Lipinski definition) is 0. The highest BCUT2D eigenvalue weighted by Gasteiger charge is 2.05. The molecular formula is C26H22BrNO. The minimum Gasteiger partial charge on any atom is -0.488 e. The van der Waals surface area contributed by atoms with Crippen LogP contribution in [0.2, 0.25) is 0 Å². The molecule has 0 radical (unpaired) electrons. The van der Waals surface area contributed by atoms with Gasteiger partial charge in [0.1, 0.15) is 12.4 Å². The number of benzene rings is 4. The van der Waals surface area contributed by atoms with Crippen molar-refractivity contribution in [1.82, 2.24) is 0 Å². The van der Waals surface area contributed by atoms with E-state index in [1.54, 1.807) is 0 Å². The van der Waals surface area contributed by atoms with E-state index < -0.39 is 0 Å². The molecule has 0 unspecified atom stereocenters. The van der Waals surface area contributed by atoms with Crippen molar-refractivity contribution in [3.8, 4) is 5.75 Å². The normalized spacial score (nSPS) is 11.3. The predicted octanol–water partition coefficient (Wildman–Crippen LogP) is 7.55. The monoisotopic (exact) mass is 443 g/mol. The average molecular weight is 444 g/mol. The molecule has 0 fully saturated rings. The van der Waals surface area contributed by atoms with Crippen LogP contribution >= 0.6 is 15.9 Å². The van der Waals surface area contributed by atoms with Gasteiger partial charge in [-0.2, -0.15) is 0 Å². The SMILES string of the molecule is Cc1ccc(N=Cc2ccc(OCc3cccc4ccccc34)c(Br)c2)c(C)c1. The molecule has 0 spiro atoms. The first kappa shape index (κ1) is 19.4. The number of aliphatic imine (C=N–C) groups is 1. The van der Waals surface area contributed by atoms with Crippen LogP contribution in [0.25, 0.3) is 10.8 Å². The van der Waals surface area contributed by atoms with Crippen molar-refractivity contribution in [1.29, 1.82) is 0 Å². The molecule has 144 valence electrons. The Kier molecular flexibility index (Phi) is 5.77. The number of nitrogens with zero attached hydrogens (tertiary/aromatic N) is 1. The Hall–Kier alpha value is -2.91. The predicted molar refractivity (Wildman–Crippen MR) is 126 cm³/mol. The fourth-order valence-electron chi connectivity index (χ4n) is 3.38. The first-order valence-electron chi connectivity index (χ1n) is 9.60. The van der Waals surface area contributed by atoms with Crippen molar-refractivity contribution >= 4 is 38.6 Å². The number of ether oxygens (including phenoxy) is 1. The van der Waals surface area contributed by atoms with Crippen molar-refractivity contribution in [2.24, 2.45) is 4.99 Å². The first-order valence-corrected chi connectivity index (χ1v) is 10.4. The van der Waals surface area contributed by atoms with Crippen LogP contribution in [0.5, 0.6) is 5.75 Å². The Bertz CT molecular complexity index is 1190. The summed E-state index contributed by atoms with van der Waals surface area (Å²) in [6.07, 6.45) is 1.89. The van der Waals surface area contributed by atoms with Crippen LogP contribution in [-0.4, -0.2) is 6.21 Å². The summed E-state index contributed by atoms with van der Waals surface area (Å²) < 4.78 is 7.01. The second-order valence-electron chi connectivity index (χ2n) is 7.16. The Morgan fingerprint density at radius 1 is 0.897 bits per heavy atom. The van der Waals surface area contributed by atoms with Crippen molar-refractivity contribution in [3.05, 3.63) is 106 Å². The Morgan fingerprint density at radius 2 is 1.72 bits per heavy atom. The van der Waals surface area contributed by atoms with E-state index in [2.05, 4.69) is 95.4 Å². The lowest BCUT2D eigenvalue weighted by Gasteiger charge is -2.11. The van der Waals surface area contributed by atoms with Crippen LogP contribution in [0.15, 0.2) is 88.3 Å². The molecule has 2 nitrogen and oxygen atoms in total. The molecule has 0 atom stereocenters. The summed E-state index contributed by atoms with van der Waals surface area (Å²) in [6, 6.07) is 27.0. The maximum absolute atomic E-state index is 6.09. The van der Waals surface area contributed by atoms with E-state index in [0.717, 1.165) is 21.5 Å². The fourth-order valence-corrected chi connectivity index (χ4v) is 3.89. The van der Waals surface area contributed by atoms with Gasteiger partial charge in [0.15, 0.2) is 0 Å². The largest absolute Gasteiger partial charge is 0.488 e. The van der Waals surface area contributed by atoms with Crippen molar-refractivity contribution in [2.45, 2.75) is 20.5 Å². The number of rotatable bonds is 5. The minimum atomic E-state index is 0.524. The van der Waals surface area contributed by atoms with Gasteiger partial charge in [-0.3, -0.25) is 4.99 Å². The average Bonchev–Trinajstić information content (AvgIpc) is 2.72. The maximum atomic E-state index is 6.09. The third-order valence-electron chi connectivity index (χ3n) is 4.92. The molecule has 4 aromatic carbocycles. The topological polar surface area (TPSA) is 21.6 Å². The molecule has 0 saturated carbocycles. The van der Waals surface area contributed by atoms with Crippen LogP contribution in [0.4, 0.5) is 5.69 Å². The lowest BCUT2D eigenvalue weighted by molar-refractivity contribution is 0.305. The van der Waals surface area contributed by atoms with E-state index in [4.69, 9.17) is 4.74 Å². The molecule has 0 amide bonds. The summed E-state index contributed by atoms with van der Waals surface area (Å²) >= 11 is 3.63. The van der Waals surface area contributed by atoms with E-state index in [1.807, 2.05) is 24.4 Å². The third-order valence-corrected chi connectivity index (χ3v) is 5.54. The van der Waals surface area contributed by atoms with E-state index in [-0.39, 0.29) is 0 Å². The maximum Gasteiger partial charge on any atom is 0.134 e. The second-order valence-corrected chi connectivity index (χ2v) is 8.02. The van der Waals surface area contributed by atoms with Crippen molar-refractivity contribution < 1.29 is 4.74 Å². The van der Waals surface area contributed by atoms with Crippen molar-refractivity contribution in [2.75, 3.05) is 0 Å². The smallest absolute Gasteiger partial charge is 0.134 e. The zero-order valence-electron chi connectivity index (χ0n) is 16.5. The molecule has 0 heterocycles. The highest BCUT2D eigenvalue weighted by Crippen LogP contribution is 2.28. The van der Waals surface area contributed by atoms with Gasteiger partial charge in [-0.1, -0.05) is 60.2 Å². The molecule has 29 heavy (non-hydrogen) atoms. The van der Waals surface area contributed by atoms with Crippen molar-refractivity contribution in [3.63, 3.8) is 0 Å². The van der Waals surface area contributed by atoms with Gasteiger partial charge in [0.05, 0.1) is 10.2 Å². The molecule has 0 aliphatic heterocycles. The number of aryl methyl sites for hydroxylation is 2. The Morgan fingerprint density at radius 3 is 2.55 bits per heavy atom. The molecule has 0 aliphatic carbocycles. The van der Waals surface area contributed by atoms with Crippen LogP contribution in [0.3, 0.4) is 0 Å². The van der Waals surface area contributed by atoms with E-state index >= 15 is 0 Å². The number of fused-ring (bicyclic) bond motifs is 1. The molecule has 0 saturated heterocycles. The van der Waals surface area contributed by atoms with E-state index in [9.17, 15) is 0 Å². The molecule has 4 aromatic rings. The molecule has 4 rings (SSSR count). The van der Waals surface area contributed by atoms with Crippen LogP contribution in [0.1, 0.15) is 22.3 Å². The van der Waals surface area contributed by atoms with Gasteiger partial charge in [-0.05, 0) is 81.5 Å². The first-order chi connectivity index (χ1) is 14.1. The fraction of sp³-hybridized carbons (Fsp3) is 0.115. The highest BCUT2D eigenvalue weighted by atomic mass is 79.9. The van der Waals surface area contributed by atoms with Gasteiger partial charge in [-0.25, -0.2) is 0 Å². The second kappa shape index (κ2) is 8.62. The molecule has 3 heteroatoms. The molecule has 0 bridgehead atoms. The zero-order valence-corrected chi connectivity index (χ0v) is 18.1. The van der Waals surface area contributed by atoms with E-state index in [0.29, 0.717) is 6.61 Å². The molecular weight excluding hydrogens is 422 g/mol. The van der Waals surface area contributed by atoms with Crippen LogP contribution in [0, 0.1) is 13.8 Å². The van der Waals surface area contributed by atoms with E-state index in [1.165, 1.54) is 27.5 Å². The quantitative estimate of drug-likeness (QED) is 0.291. The van der Waals surface area contributed by atoms with Crippen LogP contribution < -0.4 is 4.74 Å². The minimum absolute atomic E-state index is 0.524. The summed E-state index contributed by atoms with van der Waals surface area (Å²) in [5.41, 5.74) is 5.61. The molecule has 0 N–H and O–H groups in total. The zero-order chi connectivity index (χ0) is 20.2. The highest BCUT2D eigenvalue weighted by molar-refractivity contribution is 9.10. The number of halogens is 1. The summed E-state index contributed by atoms with van der Waals surface area (Å²) in [6.45, 7) is 4.70. The summed E-state index contributed by atoms with van der Waals surface area (Å²) in [4.78, 5) is 4.63. The summed E-state index contributed by atoms with van der Waals surface area (Å²) in [7, 11) is 0. The van der Waals surface area contributed by atoms with Gasteiger partial charge >= 0.3 is 0 Å². The summed E-state index contributed by atoms with van der Waals surface area (Å²) in [5, 5.41) is 2.45. The van der Waals surface area contributed by atoms with Gasteiger partial charge in [0.25, 0.3) is 0 Å². The van der Waals surface area contributed by atoms with Gasteiger partial charge in [-0.15, -0.1) is 0 Å². The standard InChI is InChI=1S/C26H22BrNO/c1-18-10-12-25(19(2)14-18)28-16-20-11-13-26(24(27)15-20)29-17-22-8-5-7-21-6-3-4-9-23(21)22/h3-16H,17H2,1-2H3.